The molecule has 3 heteroatoms. The van der Waals surface area contributed by atoms with Crippen LogP contribution in [0.25, 0.3) is 0 Å². The third kappa shape index (κ3) is 5.55. The van der Waals surface area contributed by atoms with Crippen LogP contribution in [0.15, 0.2) is 0 Å². The van der Waals surface area contributed by atoms with Crippen molar-refractivity contribution in [2.24, 2.45) is 5.92 Å². The quantitative estimate of drug-likeness (QED) is 0.756. The fraction of sp³-hybridized carbons (Fsp3) is 0.833. The van der Waals surface area contributed by atoms with Crippen molar-refractivity contribution in [2.75, 3.05) is 6.54 Å². The van der Waals surface area contributed by atoms with Crippen LogP contribution in [0, 0.1) is 5.92 Å². The van der Waals surface area contributed by atoms with Gasteiger partial charge in [-0.25, -0.2) is 0 Å². The van der Waals surface area contributed by atoms with Gasteiger partial charge in [0.05, 0.1) is 6.54 Å². The number of Topliss-reactive ketones (excluding diaryl/α,β-unsaturated/α-hetero) is 1. The summed E-state index contributed by atoms with van der Waals surface area (Å²) in [4.78, 5) is 22.0. The fourth-order valence-electron chi connectivity index (χ4n) is 2.12. The second-order valence-corrected chi connectivity index (χ2v) is 4.52. The van der Waals surface area contributed by atoms with E-state index >= 15 is 0 Å². The molecule has 0 atom stereocenters. The summed E-state index contributed by atoms with van der Waals surface area (Å²) in [5, 5.41) is 2.63. The van der Waals surface area contributed by atoms with Gasteiger partial charge < -0.3 is 5.32 Å². The summed E-state index contributed by atoms with van der Waals surface area (Å²) in [5.41, 5.74) is 0. The summed E-state index contributed by atoms with van der Waals surface area (Å²) in [6, 6.07) is 0. The van der Waals surface area contributed by atoms with Gasteiger partial charge in [-0.15, -0.1) is 0 Å². The van der Waals surface area contributed by atoms with Crippen molar-refractivity contribution >= 4 is 11.7 Å². The highest BCUT2D eigenvalue weighted by Crippen LogP contribution is 2.26. The molecule has 0 saturated heterocycles. The molecule has 1 aliphatic rings. The van der Waals surface area contributed by atoms with Crippen LogP contribution in [0.1, 0.15) is 51.9 Å². The maximum Gasteiger partial charge on any atom is 0.220 e. The summed E-state index contributed by atoms with van der Waals surface area (Å²) in [6.07, 6.45) is 8.12. The van der Waals surface area contributed by atoms with Crippen LogP contribution in [0.4, 0.5) is 0 Å². The third-order valence-electron chi connectivity index (χ3n) is 3.04. The standard InChI is InChI=1S/C12H21NO2/c1-10(14)9-13-12(15)8-7-11-5-3-2-4-6-11/h11H,2-9H2,1H3,(H,13,15). The lowest BCUT2D eigenvalue weighted by Crippen LogP contribution is -2.28. The molecule has 0 aromatic carbocycles. The topological polar surface area (TPSA) is 46.2 Å². The maximum atomic E-state index is 11.3. The summed E-state index contributed by atoms with van der Waals surface area (Å²) >= 11 is 0. The first-order valence-electron chi connectivity index (χ1n) is 5.94. The van der Waals surface area contributed by atoms with E-state index in [4.69, 9.17) is 0 Å². The molecule has 0 radical (unpaired) electrons. The monoisotopic (exact) mass is 211 g/mol. The molecule has 0 aromatic rings. The van der Waals surface area contributed by atoms with Crippen molar-refractivity contribution in [3.05, 3.63) is 0 Å². The Morgan fingerprint density at radius 2 is 1.87 bits per heavy atom. The van der Waals surface area contributed by atoms with E-state index in [0.717, 1.165) is 12.3 Å². The van der Waals surface area contributed by atoms with E-state index in [0.29, 0.717) is 6.42 Å². The largest absolute Gasteiger partial charge is 0.349 e. The Morgan fingerprint density at radius 1 is 1.20 bits per heavy atom. The van der Waals surface area contributed by atoms with Gasteiger partial charge in [-0.05, 0) is 19.3 Å². The molecule has 3 nitrogen and oxygen atoms in total. The predicted molar refractivity (Wildman–Crippen MR) is 59.5 cm³/mol. The minimum absolute atomic E-state index is 0.0148. The van der Waals surface area contributed by atoms with Crippen LogP contribution in [0.2, 0.25) is 0 Å². The van der Waals surface area contributed by atoms with Gasteiger partial charge >= 0.3 is 0 Å². The Bertz CT molecular complexity index is 220. The minimum atomic E-state index is 0.0148. The van der Waals surface area contributed by atoms with E-state index in [2.05, 4.69) is 5.32 Å². The average Bonchev–Trinajstić information content (AvgIpc) is 2.25. The molecule has 1 amide bonds. The molecule has 0 spiro atoms. The first-order chi connectivity index (χ1) is 7.18. The lowest BCUT2D eigenvalue weighted by atomic mass is 9.86. The van der Waals surface area contributed by atoms with Crippen molar-refractivity contribution in [1.29, 1.82) is 0 Å². The highest BCUT2D eigenvalue weighted by atomic mass is 16.2. The Balaban J connectivity index is 2.07. The van der Waals surface area contributed by atoms with Gasteiger partial charge in [0.15, 0.2) is 0 Å². The molecular weight excluding hydrogens is 190 g/mol. The summed E-state index contributed by atoms with van der Waals surface area (Å²) in [7, 11) is 0. The molecule has 0 heterocycles. The van der Waals surface area contributed by atoms with E-state index in [1.165, 1.54) is 39.0 Å². The number of rotatable bonds is 5. The van der Waals surface area contributed by atoms with E-state index in [9.17, 15) is 9.59 Å². The Morgan fingerprint density at radius 3 is 2.47 bits per heavy atom. The zero-order valence-corrected chi connectivity index (χ0v) is 9.55. The first kappa shape index (κ1) is 12.2. The molecule has 1 N–H and O–H groups in total. The summed E-state index contributed by atoms with van der Waals surface area (Å²) in [6.45, 7) is 1.67. The number of ketones is 1. The molecule has 15 heavy (non-hydrogen) atoms. The number of nitrogens with one attached hydrogen (secondary N) is 1. The minimum Gasteiger partial charge on any atom is -0.349 e. The van der Waals surface area contributed by atoms with Gasteiger partial charge in [-0.1, -0.05) is 32.1 Å². The molecule has 1 fully saturated rings. The van der Waals surface area contributed by atoms with Gasteiger partial charge in [0, 0.05) is 6.42 Å². The normalized spacial score (nSPS) is 17.4. The first-order valence-corrected chi connectivity index (χ1v) is 5.94. The average molecular weight is 211 g/mol. The van der Waals surface area contributed by atoms with Crippen LogP contribution in [-0.4, -0.2) is 18.2 Å². The van der Waals surface area contributed by atoms with Gasteiger partial charge in [-0.3, -0.25) is 9.59 Å². The number of hydrogen-bond donors (Lipinski definition) is 1. The highest BCUT2D eigenvalue weighted by molar-refractivity contribution is 5.84. The van der Waals surface area contributed by atoms with E-state index in [1.807, 2.05) is 0 Å². The van der Waals surface area contributed by atoms with Crippen LogP contribution in [0.3, 0.4) is 0 Å². The number of carbonyl (C=O) groups is 2. The smallest absolute Gasteiger partial charge is 0.220 e. The van der Waals surface area contributed by atoms with Gasteiger partial charge in [-0.2, -0.15) is 0 Å². The zero-order valence-electron chi connectivity index (χ0n) is 9.55. The third-order valence-corrected chi connectivity index (χ3v) is 3.04. The van der Waals surface area contributed by atoms with E-state index in [1.54, 1.807) is 0 Å². The summed E-state index contributed by atoms with van der Waals surface area (Å²) in [5.74, 6) is 0.776. The molecule has 1 rings (SSSR count). The maximum absolute atomic E-state index is 11.3. The second kappa shape index (κ2) is 6.59. The van der Waals surface area contributed by atoms with E-state index in [-0.39, 0.29) is 18.2 Å². The van der Waals surface area contributed by atoms with Crippen molar-refractivity contribution in [2.45, 2.75) is 51.9 Å². The molecule has 0 unspecified atom stereocenters. The Hall–Kier alpha value is -0.860. The van der Waals surface area contributed by atoms with Gasteiger partial charge in [0.25, 0.3) is 0 Å². The number of hydrogen-bond acceptors (Lipinski definition) is 2. The number of amides is 1. The van der Waals surface area contributed by atoms with Gasteiger partial charge in [0.1, 0.15) is 5.78 Å². The van der Waals surface area contributed by atoms with Crippen LogP contribution >= 0.6 is 0 Å². The Labute approximate surface area is 91.6 Å². The molecule has 1 saturated carbocycles. The van der Waals surface area contributed by atoms with Crippen molar-refractivity contribution in [3.8, 4) is 0 Å². The Kier molecular flexibility index (Phi) is 5.37. The van der Waals surface area contributed by atoms with Crippen molar-refractivity contribution in [1.82, 2.24) is 5.32 Å². The molecular formula is C12H21NO2. The molecule has 1 aliphatic carbocycles. The van der Waals surface area contributed by atoms with Gasteiger partial charge in [0.2, 0.25) is 5.91 Å². The lowest BCUT2D eigenvalue weighted by molar-refractivity contribution is -0.124. The predicted octanol–water partition coefficient (Wildman–Crippen LogP) is 2.05. The fourth-order valence-corrected chi connectivity index (χ4v) is 2.12. The highest BCUT2D eigenvalue weighted by Gasteiger charge is 2.14. The van der Waals surface area contributed by atoms with Crippen LogP contribution in [0.5, 0.6) is 0 Å². The number of carbonyl (C=O) groups excluding carboxylic acids is 2. The molecule has 0 aliphatic heterocycles. The lowest BCUT2D eigenvalue weighted by Gasteiger charge is -2.20. The van der Waals surface area contributed by atoms with Crippen LogP contribution in [-0.2, 0) is 9.59 Å². The van der Waals surface area contributed by atoms with Crippen molar-refractivity contribution < 1.29 is 9.59 Å². The molecule has 0 bridgehead atoms. The van der Waals surface area contributed by atoms with Crippen molar-refractivity contribution in [3.63, 3.8) is 0 Å². The zero-order chi connectivity index (χ0) is 11.1. The van der Waals surface area contributed by atoms with E-state index < -0.39 is 0 Å². The molecule has 86 valence electrons. The van der Waals surface area contributed by atoms with Crippen LogP contribution < -0.4 is 5.32 Å². The molecule has 0 aromatic heterocycles. The SMILES string of the molecule is CC(=O)CNC(=O)CCC1CCCCC1. The summed E-state index contributed by atoms with van der Waals surface area (Å²) < 4.78 is 0. The second-order valence-electron chi connectivity index (χ2n) is 4.52.